The number of hydrogen-bond donors (Lipinski definition) is 1. The van der Waals surface area contributed by atoms with Crippen molar-refractivity contribution >= 4 is 0 Å². The van der Waals surface area contributed by atoms with E-state index in [9.17, 15) is 0 Å². The first kappa shape index (κ1) is 13.6. The molecule has 1 saturated heterocycles. The fourth-order valence-electron chi connectivity index (χ4n) is 2.70. The van der Waals surface area contributed by atoms with E-state index < -0.39 is 0 Å². The Kier molecular flexibility index (Phi) is 4.45. The van der Waals surface area contributed by atoms with Crippen molar-refractivity contribution in [3.8, 4) is 0 Å². The predicted molar refractivity (Wildman–Crippen MR) is 79.1 cm³/mol. The zero-order valence-corrected chi connectivity index (χ0v) is 12.1. The highest BCUT2D eigenvalue weighted by Gasteiger charge is 2.15. The first-order valence-corrected chi connectivity index (χ1v) is 7.38. The average Bonchev–Trinajstić information content (AvgIpc) is 2.57. The normalized spacial score (nSPS) is 21.6. The fourth-order valence-corrected chi connectivity index (χ4v) is 2.70. The molecule has 2 rings (SSSR count). The lowest BCUT2D eigenvalue weighted by Crippen LogP contribution is -2.30. The fraction of sp³-hybridized carbons (Fsp3) is 0.647. The van der Waals surface area contributed by atoms with Gasteiger partial charge in [0.25, 0.3) is 0 Å². The van der Waals surface area contributed by atoms with Gasteiger partial charge in [-0.3, -0.25) is 0 Å². The maximum absolute atomic E-state index is 3.67. The molecular formula is C17H27N. The molecule has 1 aliphatic rings. The second-order valence-corrected chi connectivity index (χ2v) is 6.65. The molecule has 1 nitrogen and oxygen atoms in total. The minimum atomic E-state index is 0.263. The van der Waals surface area contributed by atoms with Gasteiger partial charge in [-0.2, -0.15) is 0 Å². The Morgan fingerprint density at radius 3 is 2.44 bits per heavy atom. The molecule has 1 N–H and O–H groups in total. The quantitative estimate of drug-likeness (QED) is 0.828. The zero-order chi connectivity index (χ0) is 13.0. The average molecular weight is 245 g/mol. The van der Waals surface area contributed by atoms with E-state index in [0.717, 1.165) is 0 Å². The monoisotopic (exact) mass is 245 g/mol. The third-order valence-electron chi connectivity index (χ3n) is 3.96. The van der Waals surface area contributed by atoms with Crippen LogP contribution in [0.15, 0.2) is 24.3 Å². The molecule has 1 aliphatic heterocycles. The molecule has 1 heterocycles. The SMILES string of the molecule is CC(C)(C)c1ccc(CC2CCCCCN2)cc1. The van der Waals surface area contributed by atoms with E-state index >= 15 is 0 Å². The summed E-state index contributed by atoms with van der Waals surface area (Å²) >= 11 is 0. The van der Waals surface area contributed by atoms with Crippen LogP contribution in [0.1, 0.15) is 57.6 Å². The van der Waals surface area contributed by atoms with Crippen molar-refractivity contribution < 1.29 is 0 Å². The summed E-state index contributed by atoms with van der Waals surface area (Å²) in [6.45, 7) is 8.02. The number of nitrogens with one attached hydrogen (secondary N) is 1. The molecule has 18 heavy (non-hydrogen) atoms. The van der Waals surface area contributed by atoms with Crippen molar-refractivity contribution in [1.29, 1.82) is 0 Å². The van der Waals surface area contributed by atoms with Crippen molar-refractivity contribution in [2.45, 2.75) is 64.3 Å². The molecule has 0 radical (unpaired) electrons. The van der Waals surface area contributed by atoms with Crippen LogP contribution in [0.5, 0.6) is 0 Å². The highest BCUT2D eigenvalue weighted by molar-refractivity contribution is 5.28. The van der Waals surface area contributed by atoms with E-state index in [0.29, 0.717) is 6.04 Å². The molecular weight excluding hydrogens is 218 g/mol. The first-order valence-electron chi connectivity index (χ1n) is 7.38. The van der Waals surface area contributed by atoms with Gasteiger partial charge in [-0.05, 0) is 42.3 Å². The summed E-state index contributed by atoms with van der Waals surface area (Å²) in [7, 11) is 0. The van der Waals surface area contributed by atoms with Gasteiger partial charge in [0.2, 0.25) is 0 Å². The standard InChI is InChI=1S/C17H27N/c1-17(2,3)15-10-8-14(9-11-15)13-16-7-5-4-6-12-18-16/h8-11,16,18H,4-7,12-13H2,1-3H3. The highest BCUT2D eigenvalue weighted by atomic mass is 14.9. The van der Waals surface area contributed by atoms with Crippen LogP contribution in [0.3, 0.4) is 0 Å². The second-order valence-electron chi connectivity index (χ2n) is 6.65. The molecule has 1 unspecified atom stereocenters. The molecule has 0 spiro atoms. The van der Waals surface area contributed by atoms with Gasteiger partial charge in [-0.1, -0.05) is 57.9 Å². The van der Waals surface area contributed by atoms with E-state index in [1.54, 1.807) is 0 Å². The zero-order valence-electron chi connectivity index (χ0n) is 12.1. The summed E-state index contributed by atoms with van der Waals surface area (Å²) in [4.78, 5) is 0. The van der Waals surface area contributed by atoms with Crippen LogP contribution in [0.25, 0.3) is 0 Å². The van der Waals surface area contributed by atoms with E-state index in [4.69, 9.17) is 0 Å². The Bertz CT molecular complexity index is 350. The highest BCUT2D eigenvalue weighted by Crippen LogP contribution is 2.23. The Labute approximate surface area is 112 Å². The van der Waals surface area contributed by atoms with E-state index in [2.05, 4.69) is 50.4 Å². The lowest BCUT2D eigenvalue weighted by Gasteiger charge is -2.20. The van der Waals surface area contributed by atoms with Gasteiger partial charge in [-0.25, -0.2) is 0 Å². The summed E-state index contributed by atoms with van der Waals surface area (Å²) in [5, 5.41) is 3.67. The lowest BCUT2D eigenvalue weighted by molar-refractivity contribution is 0.507. The molecule has 0 bridgehead atoms. The van der Waals surface area contributed by atoms with Crippen molar-refractivity contribution in [2.75, 3.05) is 6.54 Å². The summed E-state index contributed by atoms with van der Waals surface area (Å²) in [6, 6.07) is 9.91. The van der Waals surface area contributed by atoms with Gasteiger partial charge >= 0.3 is 0 Å². The molecule has 1 aromatic carbocycles. The van der Waals surface area contributed by atoms with Crippen LogP contribution in [-0.4, -0.2) is 12.6 Å². The van der Waals surface area contributed by atoms with Crippen LogP contribution < -0.4 is 5.32 Å². The molecule has 1 fully saturated rings. The molecule has 0 amide bonds. The van der Waals surface area contributed by atoms with Gasteiger partial charge in [-0.15, -0.1) is 0 Å². The van der Waals surface area contributed by atoms with Gasteiger partial charge in [0.15, 0.2) is 0 Å². The molecule has 0 aliphatic carbocycles. The molecule has 1 atom stereocenters. The van der Waals surface area contributed by atoms with Crippen LogP contribution in [0.4, 0.5) is 0 Å². The van der Waals surface area contributed by atoms with Crippen LogP contribution in [0, 0.1) is 0 Å². The molecule has 1 aromatic rings. The lowest BCUT2D eigenvalue weighted by atomic mass is 9.86. The van der Waals surface area contributed by atoms with Crippen LogP contribution in [0.2, 0.25) is 0 Å². The molecule has 0 saturated carbocycles. The minimum Gasteiger partial charge on any atom is -0.314 e. The number of benzene rings is 1. The van der Waals surface area contributed by atoms with Crippen molar-refractivity contribution in [3.05, 3.63) is 35.4 Å². The number of rotatable bonds is 2. The molecule has 100 valence electrons. The van der Waals surface area contributed by atoms with Gasteiger partial charge in [0.1, 0.15) is 0 Å². The van der Waals surface area contributed by atoms with Crippen LogP contribution in [-0.2, 0) is 11.8 Å². The third kappa shape index (κ3) is 3.84. The number of hydrogen-bond acceptors (Lipinski definition) is 1. The van der Waals surface area contributed by atoms with Crippen molar-refractivity contribution in [1.82, 2.24) is 5.32 Å². The first-order chi connectivity index (χ1) is 8.55. The van der Waals surface area contributed by atoms with Gasteiger partial charge in [0, 0.05) is 6.04 Å². The second kappa shape index (κ2) is 5.88. The Hall–Kier alpha value is -0.820. The summed E-state index contributed by atoms with van der Waals surface area (Å²) in [5.41, 5.74) is 3.17. The maximum Gasteiger partial charge on any atom is 0.0107 e. The topological polar surface area (TPSA) is 12.0 Å². The van der Waals surface area contributed by atoms with Gasteiger partial charge in [0.05, 0.1) is 0 Å². The van der Waals surface area contributed by atoms with E-state index in [1.807, 2.05) is 0 Å². The van der Waals surface area contributed by atoms with E-state index in [-0.39, 0.29) is 5.41 Å². The van der Waals surface area contributed by atoms with Gasteiger partial charge < -0.3 is 5.32 Å². The summed E-state index contributed by atoms with van der Waals surface area (Å²) in [5.74, 6) is 0. The molecule has 1 heteroatoms. The third-order valence-corrected chi connectivity index (χ3v) is 3.96. The van der Waals surface area contributed by atoms with Crippen LogP contribution >= 0.6 is 0 Å². The Morgan fingerprint density at radius 1 is 1.06 bits per heavy atom. The molecule has 0 aromatic heterocycles. The maximum atomic E-state index is 3.67. The van der Waals surface area contributed by atoms with Crippen molar-refractivity contribution in [3.63, 3.8) is 0 Å². The van der Waals surface area contributed by atoms with E-state index in [1.165, 1.54) is 49.8 Å². The summed E-state index contributed by atoms with van der Waals surface area (Å²) < 4.78 is 0. The summed E-state index contributed by atoms with van der Waals surface area (Å²) in [6.07, 6.45) is 6.65. The Balaban J connectivity index is 1.97. The predicted octanol–water partition coefficient (Wildman–Crippen LogP) is 4.06. The smallest absolute Gasteiger partial charge is 0.0107 e. The van der Waals surface area contributed by atoms with Crippen molar-refractivity contribution in [2.24, 2.45) is 0 Å². The minimum absolute atomic E-state index is 0.263. The largest absolute Gasteiger partial charge is 0.314 e. The Morgan fingerprint density at radius 2 is 1.78 bits per heavy atom.